The molecule has 4 heteroatoms. The molecular weight excluding hydrogens is 286 g/mol. The molecule has 23 heavy (non-hydrogen) atoms. The number of nitrogens with zero attached hydrogens (tertiary/aromatic N) is 2. The van der Waals surface area contributed by atoms with Crippen molar-refractivity contribution in [2.75, 3.05) is 13.1 Å². The Bertz CT molecular complexity index is 644. The Balaban J connectivity index is 1.57. The fourth-order valence-electron chi connectivity index (χ4n) is 3.79. The van der Waals surface area contributed by atoms with Crippen LogP contribution in [0.1, 0.15) is 48.5 Å². The number of benzene rings is 1. The van der Waals surface area contributed by atoms with Crippen molar-refractivity contribution in [3.8, 4) is 5.88 Å². The van der Waals surface area contributed by atoms with Gasteiger partial charge in [0.25, 0.3) is 0 Å². The van der Waals surface area contributed by atoms with Crippen molar-refractivity contribution >= 4 is 0 Å². The van der Waals surface area contributed by atoms with Gasteiger partial charge in [0, 0.05) is 11.3 Å². The van der Waals surface area contributed by atoms with Gasteiger partial charge in [-0.05, 0) is 57.2 Å². The molecule has 1 saturated heterocycles. The average molecular weight is 311 g/mol. The van der Waals surface area contributed by atoms with Crippen molar-refractivity contribution in [2.45, 2.75) is 51.2 Å². The summed E-state index contributed by atoms with van der Waals surface area (Å²) in [6, 6.07) is 10.9. The molecule has 4 rings (SSSR count). The topological polar surface area (TPSA) is 39.1 Å². The van der Waals surface area contributed by atoms with E-state index in [1.807, 2.05) is 6.07 Å². The number of aromatic nitrogens is 2. The summed E-state index contributed by atoms with van der Waals surface area (Å²) in [5.41, 5.74) is 4.01. The lowest BCUT2D eigenvalue weighted by atomic mass is 9.96. The molecule has 0 radical (unpaired) electrons. The zero-order chi connectivity index (χ0) is 15.5. The summed E-state index contributed by atoms with van der Waals surface area (Å²) in [7, 11) is 0. The minimum absolute atomic E-state index is 0.539. The van der Waals surface area contributed by atoms with Crippen molar-refractivity contribution in [2.24, 2.45) is 0 Å². The maximum atomic E-state index is 6.11. The second-order valence-electron chi connectivity index (χ2n) is 6.64. The molecule has 2 aromatic rings. The second kappa shape index (κ2) is 6.75. The standard InChI is InChI=1S/C19H25N3O/c1-2-6-15(7-3-1)14-23-19-17-8-4-5-9-18(17)22(21-19)16-10-12-20-13-11-16/h1-3,6-7,16,20H,4-5,8-14H2. The highest BCUT2D eigenvalue weighted by Crippen LogP contribution is 2.33. The largest absolute Gasteiger partial charge is 0.472 e. The molecule has 2 aliphatic rings. The third-order valence-electron chi connectivity index (χ3n) is 5.04. The summed E-state index contributed by atoms with van der Waals surface area (Å²) in [6.07, 6.45) is 7.15. The maximum Gasteiger partial charge on any atom is 0.236 e. The van der Waals surface area contributed by atoms with E-state index < -0.39 is 0 Å². The number of hydrogen-bond donors (Lipinski definition) is 1. The van der Waals surface area contributed by atoms with Crippen molar-refractivity contribution in [3.05, 3.63) is 47.2 Å². The highest BCUT2D eigenvalue weighted by atomic mass is 16.5. The molecule has 0 atom stereocenters. The van der Waals surface area contributed by atoms with E-state index in [1.54, 1.807) is 0 Å². The molecule has 122 valence electrons. The van der Waals surface area contributed by atoms with E-state index in [1.165, 1.54) is 42.5 Å². The minimum Gasteiger partial charge on any atom is -0.472 e. The predicted molar refractivity (Wildman–Crippen MR) is 90.8 cm³/mol. The van der Waals surface area contributed by atoms with E-state index in [4.69, 9.17) is 9.84 Å². The van der Waals surface area contributed by atoms with Crippen LogP contribution in [-0.4, -0.2) is 22.9 Å². The lowest BCUT2D eigenvalue weighted by Crippen LogP contribution is -2.30. The molecular formula is C19H25N3O. The SMILES string of the molecule is c1ccc(COc2nn(C3CCNCC3)c3c2CCCC3)cc1. The minimum atomic E-state index is 0.539. The highest BCUT2D eigenvalue weighted by Gasteiger charge is 2.26. The zero-order valence-corrected chi connectivity index (χ0v) is 13.6. The van der Waals surface area contributed by atoms with E-state index in [9.17, 15) is 0 Å². The van der Waals surface area contributed by atoms with Crippen LogP contribution < -0.4 is 10.1 Å². The van der Waals surface area contributed by atoms with Crippen LogP contribution in [-0.2, 0) is 19.4 Å². The Morgan fingerprint density at radius 2 is 1.87 bits per heavy atom. The van der Waals surface area contributed by atoms with Crippen molar-refractivity contribution in [3.63, 3.8) is 0 Å². The van der Waals surface area contributed by atoms with Gasteiger partial charge in [-0.15, -0.1) is 5.10 Å². The van der Waals surface area contributed by atoms with Crippen LogP contribution in [0, 0.1) is 0 Å². The highest BCUT2D eigenvalue weighted by molar-refractivity contribution is 5.34. The van der Waals surface area contributed by atoms with E-state index in [0.29, 0.717) is 12.6 Å². The summed E-state index contributed by atoms with van der Waals surface area (Å²) < 4.78 is 8.42. The quantitative estimate of drug-likeness (QED) is 0.942. The van der Waals surface area contributed by atoms with Gasteiger partial charge in [0.1, 0.15) is 6.61 Å². The van der Waals surface area contributed by atoms with Gasteiger partial charge in [0.2, 0.25) is 5.88 Å². The smallest absolute Gasteiger partial charge is 0.236 e. The summed E-state index contributed by atoms with van der Waals surface area (Å²) >= 11 is 0. The normalized spacial score (nSPS) is 18.6. The Labute approximate surface area is 137 Å². The van der Waals surface area contributed by atoms with Gasteiger partial charge in [0.05, 0.1) is 6.04 Å². The Morgan fingerprint density at radius 1 is 1.09 bits per heavy atom. The van der Waals surface area contributed by atoms with Crippen LogP contribution in [0.25, 0.3) is 0 Å². The molecule has 0 bridgehead atoms. The molecule has 1 aromatic carbocycles. The number of fused-ring (bicyclic) bond motifs is 1. The van der Waals surface area contributed by atoms with Gasteiger partial charge < -0.3 is 10.1 Å². The average Bonchev–Trinajstić information content (AvgIpc) is 3.01. The van der Waals surface area contributed by atoms with Gasteiger partial charge in [-0.1, -0.05) is 30.3 Å². The van der Waals surface area contributed by atoms with Crippen molar-refractivity contribution < 1.29 is 4.74 Å². The maximum absolute atomic E-state index is 6.11. The number of ether oxygens (including phenoxy) is 1. The Kier molecular flexibility index (Phi) is 4.33. The fraction of sp³-hybridized carbons (Fsp3) is 0.526. The van der Waals surface area contributed by atoms with Crippen LogP contribution >= 0.6 is 0 Å². The van der Waals surface area contributed by atoms with Crippen LogP contribution in [0.2, 0.25) is 0 Å². The lowest BCUT2D eigenvalue weighted by molar-refractivity contribution is 0.276. The van der Waals surface area contributed by atoms with Crippen LogP contribution in [0.5, 0.6) is 5.88 Å². The van der Waals surface area contributed by atoms with Gasteiger partial charge >= 0.3 is 0 Å². The number of hydrogen-bond acceptors (Lipinski definition) is 3. The number of nitrogens with one attached hydrogen (secondary N) is 1. The third-order valence-corrected chi connectivity index (χ3v) is 5.04. The van der Waals surface area contributed by atoms with Crippen LogP contribution in [0.3, 0.4) is 0 Å². The van der Waals surface area contributed by atoms with Crippen molar-refractivity contribution in [1.82, 2.24) is 15.1 Å². The molecule has 1 fully saturated rings. The van der Waals surface area contributed by atoms with Gasteiger partial charge in [-0.2, -0.15) is 0 Å². The molecule has 0 unspecified atom stereocenters. The van der Waals surface area contributed by atoms with E-state index in [2.05, 4.69) is 34.3 Å². The molecule has 1 aromatic heterocycles. The summed E-state index contributed by atoms with van der Waals surface area (Å²) in [5, 5.41) is 8.34. The first-order chi connectivity index (χ1) is 11.4. The fourth-order valence-corrected chi connectivity index (χ4v) is 3.79. The predicted octanol–water partition coefficient (Wildman–Crippen LogP) is 3.27. The summed E-state index contributed by atoms with van der Waals surface area (Å²) in [6.45, 7) is 2.80. The Morgan fingerprint density at radius 3 is 2.70 bits per heavy atom. The first kappa shape index (κ1) is 14.8. The number of piperidine rings is 1. The molecule has 0 saturated carbocycles. The Hall–Kier alpha value is -1.81. The van der Waals surface area contributed by atoms with Gasteiger partial charge in [-0.25, -0.2) is 0 Å². The molecule has 1 N–H and O–H groups in total. The van der Waals surface area contributed by atoms with Gasteiger partial charge in [0.15, 0.2) is 0 Å². The van der Waals surface area contributed by atoms with Crippen LogP contribution in [0.15, 0.2) is 30.3 Å². The molecule has 4 nitrogen and oxygen atoms in total. The zero-order valence-electron chi connectivity index (χ0n) is 13.6. The molecule has 0 amide bonds. The van der Waals surface area contributed by atoms with Gasteiger partial charge in [-0.3, -0.25) is 4.68 Å². The van der Waals surface area contributed by atoms with E-state index in [0.717, 1.165) is 31.8 Å². The first-order valence-electron chi connectivity index (χ1n) is 8.89. The molecule has 1 aliphatic carbocycles. The monoisotopic (exact) mass is 311 g/mol. The van der Waals surface area contributed by atoms with Crippen LogP contribution in [0.4, 0.5) is 0 Å². The summed E-state index contributed by atoms with van der Waals surface area (Å²) in [4.78, 5) is 0. The van der Waals surface area contributed by atoms with E-state index in [-0.39, 0.29) is 0 Å². The lowest BCUT2D eigenvalue weighted by Gasteiger charge is -2.25. The van der Waals surface area contributed by atoms with Crippen molar-refractivity contribution in [1.29, 1.82) is 0 Å². The molecule has 0 spiro atoms. The molecule has 2 heterocycles. The first-order valence-corrected chi connectivity index (χ1v) is 8.89. The summed E-state index contributed by atoms with van der Waals surface area (Å²) in [5.74, 6) is 0.877. The second-order valence-corrected chi connectivity index (χ2v) is 6.64. The third kappa shape index (κ3) is 3.13. The number of rotatable bonds is 4. The van der Waals surface area contributed by atoms with E-state index >= 15 is 0 Å². The molecule has 1 aliphatic heterocycles.